The zero-order valence-electron chi connectivity index (χ0n) is 11.8. The highest BCUT2D eigenvalue weighted by atomic mass is 16.3. The summed E-state index contributed by atoms with van der Waals surface area (Å²) in [4.78, 5) is 11.7. The Balaban J connectivity index is 2.12. The largest absolute Gasteiger partial charge is 0.396 e. The van der Waals surface area contributed by atoms with Crippen LogP contribution < -0.4 is 10.6 Å². The van der Waals surface area contributed by atoms with Gasteiger partial charge in [-0.3, -0.25) is 4.79 Å². The first-order valence-electron chi connectivity index (χ1n) is 7.14. The molecule has 4 nitrogen and oxygen atoms in total. The van der Waals surface area contributed by atoms with Gasteiger partial charge in [-0.05, 0) is 24.7 Å². The number of hydrogen-bond donors (Lipinski definition) is 3. The van der Waals surface area contributed by atoms with Crippen LogP contribution in [-0.2, 0) is 4.79 Å². The molecule has 0 aromatic heterocycles. The zero-order valence-corrected chi connectivity index (χ0v) is 11.8. The Morgan fingerprint density at radius 2 is 1.94 bits per heavy atom. The smallest absolute Gasteiger partial charge is 0.234 e. The van der Waals surface area contributed by atoms with Gasteiger partial charge < -0.3 is 15.7 Å². The lowest BCUT2D eigenvalue weighted by atomic mass is 9.90. The number of carbonyl (C=O) groups excluding carboxylic acids is 1. The molecule has 1 amide bonds. The van der Waals surface area contributed by atoms with E-state index in [0.717, 1.165) is 25.8 Å². The van der Waals surface area contributed by atoms with Crippen molar-refractivity contribution in [3.63, 3.8) is 0 Å². The summed E-state index contributed by atoms with van der Waals surface area (Å²) in [5, 5.41) is 15.2. The molecule has 0 aromatic carbocycles. The normalized spacial score (nSPS) is 17.7. The Morgan fingerprint density at radius 3 is 2.56 bits per heavy atom. The van der Waals surface area contributed by atoms with Crippen LogP contribution in [0.25, 0.3) is 0 Å². The number of aliphatic hydroxyl groups excluding tert-OH is 1. The van der Waals surface area contributed by atoms with Gasteiger partial charge in [0.2, 0.25) is 5.91 Å². The summed E-state index contributed by atoms with van der Waals surface area (Å²) in [6, 6.07) is 0.388. The number of carbonyl (C=O) groups is 1. The summed E-state index contributed by atoms with van der Waals surface area (Å²) in [6.07, 6.45) is 6.79. The molecule has 0 aliphatic heterocycles. The van der Waals surface area contributed by atoms with E-state index >= 15 is 0 Å². The van der Waals surface area contributed by atoms with Gasteiger partial charge in [-0.25, -0.2) is 0 Å². The van der Waals surface area contributed by atoms with E-state index in [9.17, 15) is 4.79 Å². The van der Waals surface area contributed by atoms with E-state index in [1.807, 2.05) is 0 Å². The molecule has 4 heteroatoms. The molecular formula is C14H28N2O2. The van der Waals surface area contributed by atoms with Crippen LogP contribution in [0.2, 0.25) is 0 Å². The fourth-order valence-electron chi connectivity index (χ4n) is 2.43. The van der Waals surface area contributed by atoms with E-state index in [4.69, 9.17) is 5.11 Å². The Kier molecular flexibility index (Phi) is 6.65. The van der Waals surface area contributed by atoms with Crippen LogP contribution >= 0.6 is 0 Å². The van der Waals surface area contributed by atoms with Crippen molar-refractivity contribution in [1.29, 1.82) is 0 Å². The molecule has 0 saturated heterocycles. The number of rotatable bonds is 7. The first kappa shape index (κ1) is 15.4. The van der Waals surface area contributed by atoms with E-state index in [-0.39, 0.29) is 17.9 Å². The number of hydrogen-bond acceptors (Lipinski definition) is 3. The van der Waals surface area contributed by atoms with Gasteiger partial charge in [0.25, 0.3) is 0 Å². The van der Waals surface area contributed by atoms with Crippen molar-refractivity contribution in [1.82, 2.24) is 10.6 Å². The molecule has 0 spiro atoms. The summed E-state index contributed by atoms with van der Waals surface area (Å²) < 4.78 is 0. The summed E-state index contributed by atoms with van der Waals surface area (Å²) >= 11 is 0. The van der Waals surface area contributed by atoms with Crippen LogP contribution in [0.5, 0.6) is 0 Å². The maximum absolute atomic E-state index is 11.7. The second kappa shape index (κ2) is 7.74. The Bertz CT molecular complexity index is 248. The summed E-state index contributed by atoms with van der Waals surface area (Å²) in [7, 11) is 0. The maximum Gasteiger partial charge on any atom is 0.234 e. The summed E-state index contributed by atoms with van der Waals surface area (Å²) in [6.45, 7) is 5.52. The Labute approximate surface area is 111 Å². The van der Waals surface area contributed by atoms with Gasteiger partial charge in [-0.1, -0.05) is 33.1 Å². The van der Waals surface area contributed by atoms with Crippen molar-refractivity contribution in [2.75, 3.05) is 19.7 Å². The van der Waals surface area contributed by atoms with Crippen molar-refractivity contribution in [2.24, 2.45) is 5.41 Å². The van der Waals surface area contributed by atoms with Gasteiger partial charge in [-0.15, -0.1) is 0 Å². The second-order valence-electron chi connectivity index (χ2n) is 6.14. The molecule has 0 atom stereocenters. The minimum atomic E-state index is 0.0415. The van der Waals surface area contributed by atoms with E-state index in [2.05, 4.69) is 24.5 Å². The lowest BCUT2D eigenvalue weighted by Gasteiger charge is -2.25. The molecular weight excluding hydrogens is 228 g/mol. The molecule has 0 aromatic rings. The molecule has 3 N–H and O–H groups in total. The monoisotopic (exact) mass is 256 g/mol. The number of aliphatic hydroxyl groups is 1. The molecule has 1 aliphatic rings. The quantitative estimate of drug-likeness (QED) is 0.646. The van der Waals surface area contributed by atoms with Crippen molar-refractivity contribution >= 4 is 5.91 Å². The van der Waals surface area contributed by atoms with Crippen LogP contribution in [0.3, 0.4) is 0 Å². The molecule has 0 radical (unpaired) electrons. The molecule has 1 saturated carbocycles. The molecule has 1 rings (SSSR count). The van der Waals surface area contributed by atoms with Gasteiger partial charge >= 0.3 is 0 Å². The Morgan fingerprint density at radius 1 is 1.28 bits per heavy atom. The van der Waals surface area contributed by atoms with Crippen LogP contribution in [0.15, 0.2) is 0 Å². The molecule has 1 fully saturated rings. The van der Waals surface area contributed by atoms with Crippen molar-refractivity contribution in [2.45, 2.75) is 58.4 Å². The number of nitrogens with one attached hydrogen (secondary N) is 2. The fraction of sp³-hybridized carbons (Fsp3) is 0.929. The molecule has 0 heterocycles. The zero-order chi connectivity index (χ0) is 13.4. The highest BCUT2D eigenvalue weighted by Gasteiger charge is 2.18. The van der Waals surface area contributed by atoms with Crippen molar-refractivity contribution in [3.8, 4) is 0 Å². The Hall–Kier alpha value is -0.610. The molecule has 0 unspecified atom stereocenters. The third-order valence-corrected chi connectivity index (χ3v) is 3.65. The lowest BCUT2D eigenvalue weighted by molar-refractivity contribution is -0.121. The second-order valence-corrected chi connectivity index (χ2v) is 6.14. The molecule has 106 valence electrons. The van der Waals surface area contributed by atoms with Crippen LogP contribution in [0, 0.1) is 5.41 Å². The highest BCUT2D eigenvalue weighted by Crippen LogP contribution is 2.18. The minimum Gasteiger partial charge on any atom is -0.396 e. The van der Waals surface area contributed by atoms with E-state index in [1.54, 1.807) is 0 Å². The molecule has 18 heavy (non-hydrogen) atoms. The minimum absolute atomic E-state index is 0.0415. The predicted molar refractivity (Wildman–Crippen MR) is 73.4 cm³/mol. The summed E-state index contributed by atoms with van der Waals surface area (Å²) in [5.74, 6) is 0.0988. The van der Waals surface area contributed by atoms with Crippen LogP contribution in [0.1, 0.15) is 52.4 Å². The predicted octanol–water partition coefficient (Wildman–Crippen LogP) is 1.43. The van der Waals surface area contributed by atoms with E-state index in [0.29, 0.717) is 12.6 Å². The molecule has 0 bridgehead atoms. The van der Waals surface area contributed by atoms with Gasteiger partial charge in [-0.2, -0.15) is 0 Å². The average molecular weight is 256 g/mol. The maximum atomic E-state index is 11.7. The van der Waals surface area contributed by atoms with Crippen molar-refractivity contribution < 1.29 is 9.90 Å². The first-order chi connectivity index (χ1) is 8.53. The SMILES string of the molecule is CC(C)(CCO)CNCC(=O)NC1CCCCC1. The average Bonchev–Trinajstić information content (AvgIpc) is 2.29. The van der Waals surface area contributed by atoms with Crippen molar-refractivity contribution in [3.05, 3.63) is 0 Å². The highest BCUT2D eigenvalue weighted by molar-refractivity contribution is 5.78. The summed E-state index contributed by atoms with van der Waals surface area (Å²) in [5.41, 5.74) is 0.0415. The molecule has 1 aliphatic carbocycles. The third-order valence-electron chi connectivity index (χ3n) is 3.65. The third kappa shape index (κ3) is 6.36. The van der Waals surface area contributed by atoms with Gasteiger partial charge in [0, 0.05) is 19.2 Å². The topological polar surface area (TPSA) is 61.4 Å². The van der Waals surface area contributed by atoms with Crippen LogP contribution in [-0.4, -0.2) is 36.8 Å². The number of amides is 1. The first-order valence-corrected chi connectivity index (χ1v) is 7.14. The van der Waals surface area contributed by atoms with Gasteiger partial charge in [0.15, 0.2) is 0 Å². The van der Waals surface area contributed by atoms with Gasteiger partial charge in [0.1, 0.15) is 0 Å². The lowest BCUT2D eigenvalue weighted by Crippen LogP contribution is -2.43. The van der Waals surface area contributed by atoms with Gasteiger partial charge in [0.05, 0.1) is 6.54 Å². The van der Waals surface area contributed by atoms with E-state index < -0.39 is 0 Å². The van der Waals surface area contributed by atoms with Crippen LogP contribution in [0.4, 0.5) is 0 Å². The standard InChI is InChI=1S/C14H28N2O2/c1-14(2,8-9-17)11-15-10-13(18)16-12-6-4-3-5-7-12/h12,15,17H,3-11H2,1-2H3,(H,16,18). The van der Waals surface area contributed by atoms with E-state index in [1.165, 1.54) is 19.3 Å². The fourth-order valence-corrected chi connectivity index (χ4v) is 2.43.